The molecule has 26 heavy (non-hydrogen) atoms. The van der Waals surface area contributed by atoms with Crippen molar-refractivity contribution in [3.63, 3.8) is 0 Å². The van der Waals surface area contributed by atoms with Crippen LogP contribution in [0.4, 0.5) is 5.69 Å². The molecule has 2 aromatic carbocycles. The Morgan fingerprint density at radius 3 is 2.62 bits per heavy atom. The van der Waals surface area contributed by atoms with E-state index < -0.39 is 0 Å². The standard InChI is InChI=1S/C19H17Cl2N3O2/c1-13(25)23-15-3-5-16(6-4-15)26-19(11-24-9-8-22-12-24)17-7-2-14(20)10-18(17)21/h2-10,12,19H,11H2,1H3,(H,23,25). The first kappa shape index (κ1) is 18.3. The topological polar surface area (TPSA) is 56.1 Å². The van der Waals surface area contributed by atoms with Gasteiger partial charge in [-0.2, -0.15) is 0 Å². The van der Waals surface area contributed by atoms with Crippen molar-refractivity contribution < 1.29 is 9.53 Å². The molecule has 1 amide bonds. The van der Waals surface area contributed by atoms with Gasteiger partial charge in [0.2, 0.25) is 5.91 Å². The van der Waals surface area contributed by atoms with E-state index in [1.54, 1.807) is 48.9 Å². The predicted molar refractivity (Wildman–Crippen MR) is 103 cm³/mol. The molecular formula is C19H17Cl2N3O2. The summed E-state index contributed by atoms with van der Waals surface area (Å²) in [7, 11) is 0. The minimum Gasteiger partial charge on any atom is -0.484 e. The van der Waals surface area contributed by atoms with E-state index in [1.807, 2.05) is 16.8 Å². The lowest BCUT2D eigenvalue weighted by atomic mass is 10.1. The number of ether oxygens (including phenoxy) is 1. The maximum absolute atomic E-state index is 11.1. The molecule has 3 rings (SSSR count). The van der Waals surface area contributed by atoms with E-state index in [-0.39, 0.29) is 12.0 Å². The molecule has 0 aliphatic rings. The zero-order valence-electron chi connectivity index (χ0n) is 14.0. The number of benzene rings is 2. The number of nitrogens with one attached hydrogen (secondary N) is 1. The van der Waals surface area contributed by atoms with Gasteiger partial charge in [-0.15, -0.1) is 0 Å². The summed E-state index contributed by atoms with van der Waals surface area (Å²) in [5, 5.41) is 3.83. The van der Waals surface area contributed by atoms with Crippen molar-refractivity contribution in [2.75, 3.05) is 5.32 Å². The van der Waals surface area contributed by atoms with Crippen LogP contribution in [0.15, 0.2) is 61.2 Å². The van der Waals surface area contributed by atoms with Crippen LogP contribution < -0.4 is 10.1 Å². The van der Waals surface area contributed by atoms with Gasteiger partial charge in [-0.25, -0.2) is 4.98 Å². The quantitative estimate of drug-likeness (QED) is 0.647. The van der Waals surface area contributed by atoms with Crippen LogP contribution in [0.3, 0.4) is 0 Å². The molecule has 1 N–H and O–H groups in total. The number of hydrogen-bond donors (Lipinski definition) is 1. The molecule has 0 aliphatic heterocycles. The number of nitrogens with zero attached hydrogens (tertiary/aromatic N) is 2. The van der Waals surface area contributed by atoms with Crippen LogP contribution in [0.5, 0.6) is 5.75 Å². The van der Waals surface area contributed by atoms with E-state index >= 15 is 0 Å². The SMILES string of the molecule is CC(=O)Nc1ccc(OC(Cn2ccnc2)c2ccc(Cl)cc2Cl)cc1. The number of carbonyl (C=O) groups excluding carboxylic acids is 1. The van der Waals surface area contributed by atoms with Crippen LogP contribution in [-0.2, 0) is 11.3 Å². The summed E-state index contributed by atoms with van der Waals surface area (Å²) in [5.41, 5.74) is 1.54. The largest absolute Gasteiger partial charge is 0.484 e. The first-order valence-electron chi connectivity index (χ1n) is 7.96. The Kier molecular flexibility index (Phi) is 5.81. The maximum Gasteiger partial charge on any atom is 0.221 e. The van der Waals surface area contributed by atoms with Gasteiger partial charge in [-0.3, -0.25) is 4.79 Å². The fourth-order valence-corrected chi connectivity index (χ4v) is 3.06. The molecule has 0 radical (unpaired) electrons. The third-order valence-electron chi connectivity index (χ3n) is 3.70. The summed E-state index contributed by atoms with van der Waals surface area (Å²) >= 11 is 12.4. The number of halogens is 2. The van der Waals surface area contributed by atoms with Gasteiger partial charge in [0, 0.05) is 40.6 Å². The number of rotatable bonds is 6. The lowest BCUT2D eigenvalue weighted by Crippen LogP contribution is -2.15. The van der Waals surface area contributed by atoms with Crippen LogP contribution in [0, 0.1) is 0 Å². The highest BCUT2D eigenvalue weighted by atomic mass is 35.5. The van der Waals surface area contributed by atoms with Gasteiger partial charge in [-0.05, 0) is 36.4 Å². The number of aromatic nitrogens is 2. The highest BCUT2D eigenvalue weighted by Crippen LogP contribution is 2.31. The second kappa shape index (κ2) is 8.25. The Balaban J connectivity index is 1.84. The summed E-state index contributed by atoms with van der Waals surface area (Å²) in [6.45, 7) is 2.00. The van der Waals surface area contributed by atoms with Crippen LogP contribution in [0.2, 0.25) is 10.0 Å². The lowest BCUT2D eigenvalue weighted by molar-refractivity contribution is -0.114. The van der Waals surface area contributed by atoms with Gasteiger partial charge < -0.3 is 14.6 Å². The van der Waals surface area contributed by atoms with Crippen LogP contribution in [0.25, 0.3) is 0 Å². The minimum atomic E-state index is -0.333. The Morgan fingerprint density at radius 1 is 1.23 bits per heavy atom. The summed E-state index contributed by atoms with van der Waals surface area (Å²) < 4.78 is 8.08. The average molecular weight is 390 g/mol. The molecule has 134 valence electrons. The monoisotopic (exact) mass is 389 g/mol. The fraction of sp³-hybridized carbons (Fsp3) is 0.158. The van der Waals surface area contributed by atoms with E-state index in [2.05, 4.69) is 10.3 Å². The molecule has 1 unspecified atom stereocenters. The van der Waals surface area contributed by atoms with E-state index in [0.29, 0.717) is 28.0 Å². The zero-order valence-corrected chi connectivity index (χ0v) is 15.5. The van der Waals surface area contributed by atoms with Crippen molar-refractivity contribution in [1.82, 2.24) is 9.55 Å². The summed E-state index contributed by atoms with van der Waals surface area (Å²) in [6, 6.07) is 12.5. The van der Waals surface area contributed by atoms with E-state index in [9.17, 15) is 4.79 Å². The van der Waals surface area contributed by atoms with Gasteiger partial charge in [-0.1, -0.05) is 29.3 Å². The molecule has 0 saturated heterocycles. The smallest absolute Gasteiger partial charge is 0.221 e. The van der Waals surface area contributed by atoms with Crippen LogP contribution in [-0.4, -0.2) is 15.5 Å². The van der Waals surface area contributed by atoms with Crippen molar-refractivity contribution >= 4 is 34.8 Å². The van der Waals surface area contributed by atoms with Gasteiger partial charge in [0.05, 0.1) is 12.9 Å². The maximum atomic E-state index is 11.1. The summed E-state index contributed by atoms with van der Waals surface area (Å²) in [6.07, 6.45) is 4.96. The number of imidazole rings is 1. The first-order chi connectivity index (χ1) is 12.5. The number of hydrogen-bond acceptors (Lipinski definition) is 3. The van der Waals surface area contributed by atoms with Crippen molar-refractivity contribution in [3.8, 4) is 5.75 Å². The van der Waals surface area contributed by atoms with Crippen LogP contribution in [0.1, 0.15) is 18.6 Å². The number of anilines is 1. The van der Waals surface area contributed by atoms with Crippen LogP contribution >= 0.6 is 23.2 Å². The first-order valence-corrected chi connectivity index (χ1v) is 8.72. The molecule has 5 nitrogen and oxygen atoms in total. The Labute approximate surface area is 161 Å². The number of carbonyl (C=O) groups is 1. The second-order valence-corrected chi connectivity index (χ2v) is 6.58. The highest BCUT2D eigenvalue weighted by Gasteiger charge is 2.18. The molecule has 1 aromatic heterocycles. The van der Waals surface area contributed by atoms with Gasteiger partial charge in [0.1, 0.15) is 11.9 Å². The summed E-state index contributed by atoms with van der Waals surface area (Å²) in [5.74, 6) is 0.542. The van der Waals surface area contributed by atoms with E-state index in [0.717, 1.165) is 5.56 Å². The Bertz CT molecular complexity index is 880. The van der Waals surface area contributed by atoms with Crippen molar-refractivity contribution in [3.05, 3.63) is 76.8 Å². The van der Waals surface area contributed by atoms with Gasteiger partial charge in [0.15, 0.2) is 0 Å². The third kappa shape index (κ3) is 4.77. The van der Waals surface area contributed by atoms with E-state index in [1.165, 1.54) is 6.92 Å². The average Bonchev–Trinajstić information content (AvgIpc) is 3.09. The third-order valence-corrected chi connectivity index (χ3v) is 4.26. The van der Waals surface area contributed by atoms with Gasteiger partial charge >= 0.3 is 0 Å². The molecule has 1 heterocycles. The molecule has 3 aromatic rings. The molecule has 0 spiro atoms. The zero-order chi connectivity index (χ0) is 18.5. The molecule has 1 atom stereocenters. The predicted octanol–water partition coefficient (Wildman–Crippen LogP) is 4.97. The Hall–Kier alpha value is -2.50. The molecule has 0 bridgehead atoms. The van der Waals surface area contributed by atoms with Crippen molar-refractivity contribution in [2.24, 2.45) is 0 Å². The normalized spacial score (nSPS) is 11.8. The minimum absolute atomic E-state index is 0.121. The van der Waals surface area contributed by atoms with Crippen molar-refractivity contribution in [2.45, 2.75) is 19.6 Å². The molecular weight excluding hydrogens is 373 g/mol. The lowest BCUT2D eigenvalue weighted by Gasteiger charge is -2.21. The fourth-order valence-electron chi connectivity index (χ4n) is 2.53. The Morgan fingerprint density at radius 2 is 2.00 bits per heavy atom. The molecule has 0 aliphatic carbocycles. The molecule has 0 saturated carbocycles. The number of amides is 1. The molecule has 0 fully saturated rings. The summed E-state index contributed by atoms with van der Waals surface area (Å²) in [4.78, 5) is 15.2. The van der Waals surface area contributed by atoms with Crippen molar-refractivity contribution in [1.29, 1.82) is 0 Å². The van der Waals surface area contributed by atoms with Gasteiger partial charge in [0.25, 0.3) is 0 Å². The highest BCUT2D eigenvalue weighted by molar-refractivity contribution is 6.35. The van der Waals surface area contributed by atoms with E-state index in [4.69, 9.17) is 27.9 Å². The second-order valence-electron chi connectivity index (χ2n) is 5.74. The molecule has 7 heteroatoms.